The highest BCUT2D eigenvalue weighted by Crippen LogP contribution is 2.32. The molecule has 0 amide bonds. The lowest BCUT2D eigenvalue weighted by molar-refractivity contribution is 0.0946. The Kier molecular flexibility index (Phi) is 6.36. The Bertz CT molecular complexity index is 1120. The lowest BCUT2D eigenvalue weighted by Crippen LogP contribution is -2.38. The van der Waals surface area contributed by atoms with Gasteiger partial charge in [0.25, 0.3) is 10.0 Å². The van der Waals surface area contributed by atoms with Crippen LogP contribution >= 0.6 is 0 Å². The molecule has 8 heteroatoms. The minimum Gasteiger partial charge on any atom is -0.367 e. The number of halogens is 1. The van der Waals surface area contributed by atoms with E-state index in [0.29, 0.717) is 25.9 Å². The van der Waals surface area contributed by atoms with Gasteiger partial charge in [0.15, 0.2) is 4.91 Å². The number of anilines is 1. The minimum atomic E-state index is -4.46. The number of allylic oxidation sites excluding steroid dienone is 2. The predicted octanol–water partition coefficient (Wildman–Crippen LogP) is 3.98. The van der Waals surface area contributed by atoms with E-state index in [1.54, 1.807) is 17.0 Å². The maximum Gasteiger partial charge on any atom is 0.268 e. The Balaban J connectivity index is 2.21. The van der Waals surface area contributed by atoms with Gasteiger partial charge >= 0.3 is 0 Å². The van der Waals surface area contributed by atoms with E-state index in [4.69, 9.17) is 0 Å². The van der Waals surface area contributed by atoms with Gasteiger partial charge < -0.3 is 4.90 Å². The Morgan fingerprint density at radius 1 is 0.900 bits per heavy atom. The first-order valence-electron chi connectivity index (χ1n) is 9.76. The molecule has 0 spiro atoms. The molecular formula is C22H23FN2O4S. The summed E-state index contributed by atoms with van der Waals surface area (Å²) < 4.78 is 42.3. The SMILES string of the molecule is CCCN(CCC)C1=C(S(=O)(=O)Nc2cccc(F)c2)C(=O)c2ccccc2C1=O. The van der Waals surface area contributed by atoms with E-state index >= 15 is 0 Å². The van der Waals surface area contributed by atoms with Gasteiger partial charge in [-0.25, -0.2) is 12.8 Å². The Morgan fingerprint density at radius 2 is 1.50 bits per heavy atom. The van der Waals surface area contributed by atoms with Crippen LogP contribution in [0.15, 0.2) is 59.1 Å². The number of Topliss-reactive ketones (excluding diaryl/α,β-unsaturated/α-hetero) is 2. The lowest BCUT2D eigenvalue weighted by atomic mass is 9.91. The highest BCUT2D eigenvalue weighted by Gasteiger charge is 2.41. The van der Waals surface area contributed by atoms with Gasteiger partial charge in [0, 0.05) is 24.2 Å². The van der Waals surface area contributed by atoms with Crippen molar-refractivity contribution < 1.29 is 22.4 Å². The van der Waals surface area contributed by atoms with Gasteiger partial charge in [0.2, 0.25) is 11.6 Å². The third-order valence-corrected chi connectivity index (χ3v) is 6.12. The van der Waals surface area contributed by atoms with Crippen LogP contribution in [-0.2, 0) is 10.0 Å². The van der Waals surface area contributed by atoms with E-state index in [0.717, 1.165) is 6.07 Å². The molecule has 2 aromatic carbocycles. The van der Waals surface area contributed by atoms with Gasteiger partial charge in [-0.2, -0.15) is 0 Å². The molecule has 0 aromatic heterocycles. The molecule has 0 atom stereocenters. The summed E-state index contributed by atoms with van der Waals surface area (Å²) in [4.78, 5) is 27.6. The maximum atomic E-state index is 13.5. The van der Waals surface area contributed by atoms with Gasteiger partial charge in [0.05, 0.1) is 5.69 Å². The number of carbonyl (C=O) groups is 2. The van der Waals surface area contributed by atoms with E-state index < -0.39 is 32.3 Å². The summed E-state index contributed by atoms with van der Waals surface area (Å²) in [6, 6.07) is 11.1. The highest BCUT2D eigenvalue weighted by atomic mass is 32.2. The van der Waals surface area contributed by atoms with Gasteiger partial charge in [-0.3, -0.25) is 14.3 Å². The molecule has 0 fully saturated rings. The fourth-order valence-corrected chi connectivity index (χ4v) is 4.88. The molecule has 2 aromatic rings. The normalized spacial score (nSPS) is 14.0. The minimum absolute atomic E-state index is 0.0292. The van der Waals surface area contributed by atoms with Crippen molar-refractivity contribution in [3.05, 3.63) is 76.1 Å². The summed E-state index contributed by atoms with van der Waals surface area (Å²) in [6.45, 7) is 4.66. The van der Waals surface area contributed by atoms with E-state index in [2.05, 4.69) is 4.72 Å². The molecule has 0 saturated carbocycles. The Labute approximate surface area is 175 Å². The molecule has 1 aliphatic carbocycles. The van der Waals surface area contributed by atoms with Crippen LogP contribution in [0.25, 0.3) is 0 Å². The van der Waals surface area contributed by atoms with Crippen LogP contribution < -0.4 is 4.72 Å². The molecule has 0 radical (unpaired) electrons. The van der Waals surface area contributed by atoms with Crippen molar-refractivity contribution in [2.45, 2.75) is 26.7 Å². The zero-order valence-corrected chi connectivity index (χ0v) is 17.6. The summed E-state index contributed by atoms with van der Waals surface area (Å²) in [5, 5.41) is 0. The zero-order chi connectivity index (χ0) is 21.9. The third kappa shape index (κ3) is 4.14. The molecule has 0 bridgehead atoms. The van der Waals surface area contributed by atoms with Crippen LogP contribution in [0.3, 0.4) is 0 Å². The number of benzene rings is 2. The van der Waals surface area contributed by atoms with Crippen LogP contribution in [0.4, 0.5) is 10.1 Å². The third-order valence-electron chi connectivity index (χ3n) is 4.70. The predicted molar refractivity (Wildman–Crippen MR) is 113 cm³/mol. The molecule has 0 saturated heterocycles. The number of fused-ring (bicyclic) bond motifs is 1. The second kappa shape index (κ2) is 8.79. The van der Waals surface area contributed by atoms with Crippen molar-refractivity contribution in [1.82, 2.24) is 4.90 Å². The molecular weight excluding hydrogens is 407 g/mol. The van der Waals surface area contributed by atoms with Crippen LogP contribution in [0.2, 0.25) is 0 Å². The average molecular weight is 431 g/mol. The summed E-state index contributed by atoms with van der Waals surface area (Å²) in [7, 11) is -4.46. The maximum absolute atomic E-state index is 13.5. The van der Waals surface area contributed by atoms with Crippen LogP contribution in [0.1, 0.15) is 47.4 Å². The number of sulfonamides is 1. The van der Waals surface area contributed by atoms with E-state index in [-0.39, 0.29) is 22.5 Å². The Morgan fingerprint density at radius 3 is 2.07 bits per heavy atom. The van der Waals surface area contributed by atoms with Crippen molar-refractivity contribution in [3.8, 4) is 0 Å². The standard InChI is InChI=1S/C22H23FN2O4S/c1-3-12-25(13-4-2)19-20(26)17-10-5-6-11-18(17)21(27)22(19)30(28,29)24-16-9-7-8-15(23)14-16/h5-11,14,24H,3-4,12-13H2,1-2H3. The van der Waals surface area contributed by atoms with Crippen LogP contribution in [-0.4, -0.2) is 38.0 Å². The largest absolute Gasteiger partial charge is 0.367 e. The number of nitrogens with one attached hydrogen (secondary N) is 1. The number of rotatable bonds is 8. The molecule has 30 heavy (non-hydrogen) atoms. The summed E-state index contributed by atoms with van der Waals surface area (Å²) in [5.41, 5.74) is 0.0584. The van der Waals surface area contributed by atoms with Gasteiger partial charge in [-0.15, -0.1) is 0 Å². The van der Waals surface area contributed by atoms with Gasteiger partial charge in [-0.1, -0.05) is 44.2 Å². The van der Waals surface area contributed by atoms with E-state index in [1.807, 2.05) is 13.8 Å². The average Bonchev–Trinajstić information content (AvgIpc) is 2.70. The summed E-state index contributed by atoms with van der Waals surface area (Å²) in [6.07, 6.45) is 1.33. The lowest BCUT2D eigenvalue weighted by Gasteiger charge is -2.31. The monoisotopic (exact) mass is 430 g/mol. The quantitative estimate of drug-likeness (QED) is 0.685. The number of ketones is 2. The van der Waals surface area contributed by atoms with Crippen LogP contribution in [0.5, 0.6) is 0 Å². The van der Waals surface area contributed by atoms with E-state index in [1.165, 1.54) is 30.3 Å². The molecule has 158 valence electrons. The topological polar surface area (TPSA) is 83.6 Å². The van der Waals surface area contributed by atoms with Gasteiger partial charge in [0.1, 0.15) is 11.5 Å². The first-order valence-corrected chi connectivity index (χ1v) is 11.2. The molecule has 1 aliphatic rings. The number of nitrogens with zero attached hydrogens (tertiary/aromatic N) is 1. The van der Waals surface area contributed by atoms with Crippen molar-refractivity contribution in [3.63, 3.8) is 0 Å². The first-order chi connectivity index (χ1) is 14.3. The van der Waals surface area contributed by atoms with Crippen molar-refractivity contribution >= 4 is 27.3 Å². The second-order valence-corrected chi connectivity index (χ2v) is 8.60. The number of hydrogen-bond donors (Lipinski definition) is 1. The molecule has 6 nitrogen and oxygen atoms in total. The molecule has 0 heterocycles. The van der Waals surface area contributed by atoms with E-state index in [9.17, 15) is 22.4 Å². The fourth-order valence-electron chi connectivity index (χ4n) is 3.51. The van der Waals surface area contributed by atoms with Crippen molar-refractivity contribution in [1.29, 1.82) is 0 Å². The Hall–Kier alpha value is -3.00. The smallest absolute Gasteiger partial charge is 0.268 e. The zero-order valence-electron chi connectivity index (χ0n) is 16.8. The summed E-state index contributed by atoms with van der Waals surface area (Å²) in [5.74, 6) is -1.88. The van der Waals surface area contributed by atoms with Crippen LogP contribution in [0, 0.1) is 5.82 Å². The number of carbonyl (C=O) groups excluding carboxylic acids is 2. The molecule has 0 aliphatic heterocycles. The fraction of sp³-hybridized carbons (Fsp3) is 0.273. The highest BCUT2D eigenvalue weighted by molar-refractivity contribution is 7.97. The molecule has 3 rings (SSSR count). The second-order valence-electron chi connectivity index (χ2n) is 6.98. The van der Waals surface area contributed by atoms with Crippen molar-refractivity contribution in [2.75, 3.05) is 17.8 Å². The summed E-state index contributed by atoms with van der Waals surface area (Å²) >= 11 is 0. The number of hydrogen-bond acceptors (Lipinski definition) is 5. The first kappa shape index (κ1) is 21.7. The molecule has 0 unspecified atom stereocenters. The van der Waals surface area contributed by atoms with Gasteiger partial charge in [-0.05, 0) is 31.0 Å². The molecule has 1 N–H and O–H groups in total. The van der Waals surface area contributed by atoms with Crippen molar-refractivity contribution in [2.24, 2.45) is 0 Å².